The molecule has 1 aromatic heterocycles. The van der Waals surface area contributed by atoms with E-state index in [1.165, 1.54) is 36.4 Å². The number of rotatable bonds is 8. The van der Waals surface area contributed by atoms with Gasteiger partial charge in [0.25, 0.3) is 5.91 Å². The molecule has 0 spiro atoms. The number of carbonyl (C=O) groups is 1. The molecule has 0 bridgehead atoms. The molecule has 1 aliphatic rings. The highest BCUT2D eigenvalue weighted by Crippen LogP contribution is 2.38. The van der Waals surface area contributed by atoms with Crippen LogP contribution in [0.1, 0.15) is 58.3 Å². The maximum absolute atomic E-state index is 13.5. The van der Waals surface area contributed by atoms with Gasteiger partial charge in [0, 0.05) is 37.7 Å². The van der Waals surface area contributed by atoms with Crippen molar-refractivity contribution < 1.29 is 26.8 Å². The van der Waals surface area contributed by atoms with Crippen molar-refractivity contribution in [2.75, 3.05) is 26.2 Å². The number of alkyl halides is 3. The molecule has 2 atom stereocenters. The summed E-state index contributed by atoms with van der Waals surface area (Å²) in [6.07, 6.45) is -4.44. The van der Waals surface area contributed by atoms with Crippen LogP contribution in [-0.4, -0.2) is 41.9 Å². The Kier molecular flexibility index (Phi) is 8.31. The number of amides is 1. The van der Waals surface area contributed by atoms with Gasteiger partial charge in [0.1, 0.15) is 17.3 Å². The number of halogens is 4. The second kappa shape index (κ2) is 11.3. The van der Waals surface area contributed by atoms with Crippen LogP contribution in [0.15, 0.2) is 59.0 Å². The molecule has 4 rings (SSSR count). The summed E-state index contributed by atoms with van der Waals surface area (Å²) in [5.41, 5.74) is 1.38. The van der Waals surface area contributed by atoms with Crippen LogP contribution in [0.5, 0.6) is 0 Å². The van der Waals surface area contributed by atoms with Gasteiger partial charge in [0.2, 0.25) is 0 Å². The topological polar surface area (TPSA) is 36.7 Å². The van der Waals surface area contributed by atoms with Crippen LogP contribution in [0.25, 0.3) is 0 Å². The average molecular weight is 531 g/mol. The Morgan fingerprint density at radius 2 is 1.79 bits per heavy atom. The third-order valence-electron chi connectivity index (χ3n) is 7.17. The first-order chi connectivity index (χ1) is 17.9. The van der Waals surface area contributed by atoms with Crippen molar-refractivity contribution in [1.82, 2.24) is 9.80 Å². The monoisotopic (exact) mass is 530 g/mol. The van der Waals surface area contributed by atoms with Gasteiger partial charge < -0.3 is 9.32 Å². The molecule has 2 aromatic carbocycles. The van der Waals surface area contributed by atoms with Crippen LogP contribution in [-0.2, 0) is 12.7 Å². The first-order valence-electron chi connectivity index (χ1n) is 12.9. The molecule has 1 saturated heterocycles. The number of hydrogen-bond donors (Lipinski definition) is 0. The lowest BCUT2D eigenvalue weighted by molar-refractivity contribution is -0.137. The summed E-state index contributed by atoms with van der Waals surface area (Å²) in [5.74, 6) is 0.901. The van der Waals surface area contributed by atoms with E-state index >= 15 is 0 Å². The van der Waals surface area contributed by atoms with Crippen molar-refractivity contribution in [3.8, 4) is 0 Å². The zero-order valence-corrected chi connectivity index (χ0v) is 22.2. The normalized spacial score (nSPS) is 18.3. The zero-order chi connectivity index (χ0) is 27.6. The summed E-state index contributed by atoms with van der Waals surface area (Å²) >= 11 is 0. The highest BCUT2D eigenvalue weighted by Gasteiger charge is 2.38. The Bertz CT molecular complexity index is 1230. The Hall–Kier alpha value is -3.13. The van der Waals surface area contributed by atoms with Gasteiger partial charge >= 0.3 is 6.18 Å². The molecular formula is C30H34F4N2O2. The molecule has 0 N–H and O–H groups in total. The lowest BCUT2D eigenvalue weighted by Crippen LogP contribution is -2.39. The fourth-order valence-electron chi connectivity index (χ4n) is 5.29. The molecule has 1 amide bonds. The van der Waals surface area contributed by atoms with Crippen LogP contribution in [0.3, 0.4) is 0 Å². The Morgan fingerprint density at radius 3 is 2.39 bits per heavy atom. The second-order valence-corrected chi connectivity index (χ2v) is 10.7. The average Bonchev–Trinajstić information content (AvgIpc) is 3.39. The number of hydrogen-bond acceptors (Lipinski definition) is 3. The van der Waals surface area contributed by atoms with Crippen LogP contribution in [0.4, 0.5) is 17.6 Å². The smallest absolute Gasteiger partial charge is 0.416 e. The van der Waals surface area contributed by atoms with Gasteiger partial charge in [-0.05, 0) is 73.2 Å². The maximum Gasteiger partial charge on any atom is 0.416 e. The highest BCUT2D eigenvalue weighted by atomic mass is 19.4. The lowest BCUT2D eigenvalue weighted by atomic mass is 9.87. The van der Waals surface area contributed by atoms with Gasteiger partial charge in [-0.25, -0.2) is 4.39 Å². The number of likely N-dealkylation sites (tertiary alicyclic amines) is 1. The number of benzene rings is 2. The Balaban J connectivity index is 1.63. The fraction of sp³-hybridized carbons (Fsp3) is 0.433. The summed E-state index contributed by atoms with van der Waals surface area (Å²) in [5, 5.41) is 0. The van der Waals surface area contributed by atoms with Crippen molar-refractivity contribution in [3.05, 3.63) is 94.2 Å². The molecule has 1 fully saturated rings. The van der Waals surface area contributed by atoms with E-state index in [0.717, 1.165) is 23.2 Å². The van der Waals surface area contributed by atoms with E-state index < -0.39 is 17.6 Å². The standard InChI is InChI=1S/C30H34F4N2O2/c1-19(2)14-36(29(37)22-8-10-26(31)11-9-22)16-24-15-35(17-27-12-20(3)21(4)38-27)18-28(24)23-6-5-7-25(13-23)30(32,33)34/h5-13,19,24,28H,14-18H2,1-4H3/t24-,28+/m0/s1. The van der Waals surface area contributed by atoms with Gasteiger partial charge in [-0.3, -0.25) is 9.69 Å². The number of carbonyl (C=O) groups excluding carboxylic acids is 1. The van der Waals surface area contributed by atoms with Crippen molar-refractivity contribution in [2.45, 2.75) is 46.3 Å². The molecule has 1 aliphatic heterocycles. The van der Waals surface area contributed by atoms with E-state index in [9.17, 15) is 22.4 Å². The van der Waals surface area contributed by atoms with E-state index in [-0.39, 0.29) is 23.7 Å². The van der Waals surface area contributed by atoms with Crippen molar-refractivity contribution in [2.24, 2.45) is 11.8 Å². The maximum atomic E-state index is 13.5. The van der Waals surface area contributed by atoms with Crippen molar-refractivity contribution in [3.63, 3.8) is 0 Å². The molecule has 3 aromatic rings. The molecule has 204 valence electrons. The number of nitrogens with zero attached hydrogens (tertiary/aromatic N) is 2. The van der Waals surface area contributed by atoms with E-state index in [0.29, 0.717) is 43.9 Å². The minimum atomic E-state index is -4.44. The summed E-state index contributed by atoms with van der Waals surface area (Å²) in [6, 6.07) is 13.0. The molecule has 0 unspecified atom stereocenters. The van der Waals surface area contributed by atoms with E-state index in [2.05, 4.69) is 4.90 Å². The van der Waals surface area contributed by atoms with Crippen LogP contribution >= 0.6 is 0 Å². The summed E-state index contributed by atoms with van der Waals surface area (Å²) < 4.78 is 59.9. The van der Waals surface area contributed by atoms with Crippen molar-refractivity contribution >= 4 is 5.91 Å². The van der Waals surface area contributed by atoms with Gasteiger partial charge in [-0.2, -0.15) is 13.2 Å². The second-order valence-electron chi connectivity index (χ2n) is 10.7. The summed E-state index contributed by atoms with van der Waals surface area (Å²) in [4.78, 5) is 17.4. The van der Waals surface area contributed by atoms with E-state index in [1.54, 1.807) is 11.0 Å². The van der Waals surface area contributed by atoms with Crippen LogP contribution < -0.4 is 0 Å². The molecule has 0 aliphatic carbocycles. The summed E-state index contributed by atoms with van der Waals surface area (Å²) in [6.45, 7) is 10.5. The molecule has 0 saturated carbocycles. The number of aryl methyl sites for hydroxylation is 2. The third-order valence-corrected chi connectivity index (χ3v) is 7.17. The van der Waals surface area contributed by atoms with Crippen molar-refractivity contribution in [1.29, 1.82) is 0 Å². The predicted octanol–water partition coefficient (Wildman–Crippen LogP) is 7.07. The minimum Gasteiger partial charge on any atom is -0.465 e. The van der Waals surface area contributed by atoms with Gasteiger partial charge in [0.15, 0.2) is 0 Å². The molecule has 4 nitrogen and oxygen atoms in total. The van der Waals surface area contributed by atoms with Crippen LogP contribution in [0, 0.1) is 31.5 Å². The first kappa shape index (κ1) is 27.9. The van der Waals surface area contributed by atoms with E-state index in [1.807, 2.05) is 33.8 Å². The zero-order valence-electron chi connectivity index (χ0n) is 22.2. The van der Waals surface area contributed by atoms with Crippen LogP contribution in [0.2, 0.25) is 0 Å². The predicted molar refractivity (Wildman–Crippen MR) is 138 cm³/mol. The molecule has 0 radical (unpaired) electrons. The Labute approximate surface area is 221 Å². The van der Waals surface area contributed by atoms with Gasteiger partial charge in [-0.1, -0.05) is 32.0 Å². The lowest BCUT2D eigenvalue weighted by Gasteiger charge is -2.30. The molecule has 8 heteroatoms. The quantitative estimate of drug-likeness (QED) is 0.292. The molecule has 38 heavy (non-hydrogen) atoms. The first-order valence-corrected chi connectivity index (χ1v) is 12.9. The van der Waals surface area contributed by atoms with E-state index in [4.69, 9.17) is 4.42 Å². The molecule has 2 heterocycles. The Morgan fingerprint density at radius 1 is 1.08 bits per heavy atom. The summed E-state index contributed by atoms with van der Waals surface area (Å²) in [7, 11) is 0. The fourth-order valence-corrected chi connectivity index (χ4v) is 5.29. The molecular weight excluding hydrogens is 496 g/mol. The highest BCUT2D eigenvalue weighted by molar-refractivity contribution is 5.94. The minimum absolute atomic E-state index is 0.0983. The third kappa shape index (κ3) is 6.65. The largest absolute Gasteiger partial charge is 0.465 e. The SMILES string of the molecule is Cc1cc(CN2C[C@@H](CN(CC(C)C)C(=O)c3ccc(F)cc3)[C@@H](c3cccc(C(F)(F)F)c3)C2)oc1C. The van der Waals surface area contributed by atoms with Gasteiger partial charge in [-0.15, -0.1) is 0 Å². The number of furan rings is 1. The van der Waals surface area contributed by atoms with Gasteiger partial charge in [0.05, 0.1) is 12.1 Å².